The molecule has 0 fully saturated rings. The maximum absolute atomic E-state index is 10.3. The van der Waals surface area contributed by atoms with E-state index in [1.807, 2.05) is 42.5 Å². The molecule has 38 heavy (non-hydrogen) atoms. The lowest BCUT2D eigenvalue weighted by Crippen LogP contribution is -2.20. The fourth-order valence-electron chi connectivity index (χ4n) is 4.54. The molecule has 0 saturated carbocycles. The summed E-state index contributed by atoms with van der Waals surface area (Å²) in [7, 11) is 0. The lowest BCUT2D eigenvalue weighted by atomic mass is 10.1. The molecule has 6 aromatic rings. The highest BCUT2D eigenvalue weighted by Gasteiger charge is 2.17. The van der Waals surface area contributed by atoms with Gasteiger partial charge < -0.3 is 15.4 Å². The SMILES string of the molecule is CC(C)CC(O)Nc1cncc(-c2cnc3n[nH]c(-c4nc5nccc(-c6cccc(Cl)c6)c5[nH]4)c3c2)c1. The Kier molecular flexibility index (Phi) is 6.22. The van der Waals surface area contributed by atoms with Gasteiger partial charge in [-0.25, -0.2) is 15.0 Å². The Morgan fingerprint density at radius 3 is 2.68 bits per heavy atom. The van der Waals surface area contributed by atoms with Crippen molar-refractivity contribution in [2.24, 2.45) is 5.92 Å². The van der Waals surface area contributed by atoms with Gasteiger partial charge in [0, 0.05) is 40.3 Å². The van der Waals surface area contributed by atoms with Crippen LogP contribution >= 0.6 is 11.6 Å². The first-order valence-electron chi connectivity index (χ1n) is 12.3. The van der Waals surface area contributed by atoms with Crippen molar-refractivity contribution in [1.82, 2.24) is 35.1 Å². The summed E-state index contributed by atoms with van der Waals surface area (Å²) in [5.41, 5.74) is 7.06. The lowest BCUT2D eigenvalue weighted by molar-refractivity contribution is 0.176. The molecule has 0 aliphatic rings. The fourth-order valence-corrected chi connectivity index (χ4v) is 4.73. The molecule has 1 atom stereocenters. The Morgan fingerprint density at radius 1 is 0.974 bits per heavy atom. The third kappa shape index (κ3) is 4.69. The van der Waals surface area contributed by atoms with Gasteiger partial charge in [0.15, 0.2) is 17.1 Å². The average Bonchev–Trinajstić information content (AvgIpc) is 3.52. The number of anilines is 1. The largest absolute Gasteiger partial charge is 0.374 e. The van der Waals surface area contributed by atoms with Gasteiger partial charge in [0.1, 0.15) is 11.9 Å². The molecule has 0 spiro atoms. The summed E-state index contributed by atoms with van der Waals surface area (Å²) in [5, 5.41) is 22.3. The van der Waals surface area contributed by atoms with E-state index in [-0.39, 0.29) is 0 Å². The molecule has 0 saturated heterocycles. The molecule has 0 radical (unpaired) electrons. The van der Waals surface area contributed by atoms with E-state index in [2.05, 4.69) is 49.3 Å². The molecule has 4 N–H and O–H groups in total. The van der Waals surface area contributed by atoms with Crippen molar-refractivity contribution in [3.8, 4) is 33.8 Å². The number of aromatic amines is 2. The zero-order valence-corrected chi connectivity index (χ0v) is 21.5. The minimum atomic E-state index is -0.647. The van der Waals surface area contributed by atoms with E-state index in [0.717, 1.165) is 38.8 Å². The summed E-state index contributed by atoms with van der Waals surface area (Å²) in [5.74, 6) is 0.976. The molecule has 0 amide bonds. The molecule has 1 aromatic carbocycles. The van der Waals surface area contributed by atoms with Crippen LogP contribution in [0.3, 0.4) is 0 Å². The van der Waals surface area contributed by atoms with Crippen molar-refractivity contribution in [1.29, 1.82) is 0 Å². The molecule has 0 aliphatic heterocycles. The van der Waals surface area contributed by atoms with Crippen molar-refractivity contribution >= 4 is 39.5 Å². The number of halogens is 1. The predicted molar refractivity (Wildman–Crippen MR) is 150 cm³/mol. The van der Waals surface area contributed by atoms with E-state index in [0.29, 0.717) is 40.2 Å². The number of H-pyrrole nitrogens is 2. The van der Waals surface area contributed by atoms with Gasteiger partial charge in [-0.2, -0.15) is 5.10 Å². The molecule has 0 bridgehead atoms. The van der Waals surface area contributed by atoms with E-state index < -0.39 is 6.23 Å². The van der Waals surface area contributed by atoms with Crippen molar-refractivity contribution in [3.05, 3.63) is 72.3 Å². The van der Waals surface area contributed by atoms with Gasteiger partial charge in [0.05, 0.1) is 22.8 Å². The number of benzene rings is 1. The first-order valence-corrected chi connectivity index (χ1v) is 12.7. The van der Waals surface area contributed by atoms with E-state index in [4.69, 9.17) is 16.6 Å². The topological polar surface area (TPSA) is 128 Å². The Bertz CT molecular complexity index is 1760. The summed E-state index contributed by atoms with van der Waals surface area (Å²) in [6, 6.07) is 13.6. The van der Waals surface area contributed by atoms with E-state index in [1.165, 1.54) is 0 Å². The lowest BCUT2D eigenvalue weighted by Gasteiger charge is -2.16. The van der Waals surface area contributed by atoms with Gasteiger partial charge >= 0.3 is 0 Å². The number of hydrogen-bond acceptors (Lipinski definition) is 7. The summed E-state index contributed by atoms with van der Waals surface area (Å²) in [6.07, 6.45) is 6.95. The van der Waals surface area contributed by atoms with E-state index in [1.54, 1.807) is 24.8 Å². The number of imidazole rings is 1. The Labute approximate surface area is 223 Å². The smallest absolute Gasteiger partial charge is 0.181 e. The molecule has 0 aliphatic carbocycles. The van der Waals surface area contributed by atoms with Crippen molar-refractivity contribution in [2.75, 3.05) is 5.32 Å². The molecule has 190 valence electrons. The summed E-state index contributed by atoms with van der Waals surface area (Å²) in [6.45, 7) is 4.14. The molecule has 5 aromatic heterocycles. The minimum Gasteiger partial charge on any atom is -0.374 e. The highest BCUT2D eigenvalue weighted by Crippen LogP contribution is 2.32. The minimum absolute atomic E-state index is 0.370. The maximum atomic E-state index is 10.3. The number of aromatic nitrogens is 7. The molecular formula is C28H25ClN8O. The van der Waals surface area contributed by atoms with Gasteiger partial charge in [-0.1, -0.05) is 37.6 Å². The first-order chi connectivity index (χ1) is 18.4. The van der Waals surface area contributed by atoms with Crippen LogP contribution in [0.4, 0.5) is 5.69 Å². The number of rotatable bonds is 7. The van der Waals surface area contributed by atoms with Crippen LogP contribution in [0.2, 0.25) is 5.02 Å². The standard InChI is InChI=1S/C28H25ClN8O/c1-15(2)8-23(38)33-20-10-17(12-30-14-20)18-11-22-25(36-37-26(22)32-13-18)28-34-24-21(6-7-31-27(24)35-28)16-4-3-5-19(29)9-16/h3-7,9-15,23,33,38H,8H2,1-2H3,(H,31,34,35)(H,32,36,37). The average molecular weight is 525 g/mol. The van der Waals surface area contributed by atoms with Crippen molar-refractivity contribution in [3.63, 3.8) is 0 Å². The quantitative estimate of drug-likeness (QED) is 0.187. The second-order valence-electron chi connectivity index (χ2n) is 9.60. The first kappa shape index (κ1) is 24.0. The Hall–Kier alpha value is -4.34. The summed E-state index contributed by atoms with van der Waals surface area (Å²) >= 11 is 6.23. The molecule has 9 nitrogen and oxygen atoms in total. The zero-order chi connectivity index (χ0) is 26.2. The normalized spacial score (nSPS) is 12.4. The van der Waals surface area contributed by atoms with Gasteiger partial charge in [-0.05, 0) is 48.2 Å². The van der Waals surface area contributed by atoms with E-state index >= 15 is 0 Å². The number of hydrogen-bond donors (Lipinski definition) is 4. The molecule has 5 heterocycles. The second-order valence-corrected chi connectivity index (χ2v) is 10.0. The third-order valence-corrected chi connectivity index (χ3v) is 6.51. The van der Waals surface area contributed by atoms with Crippen LogP contribution in [0.5, 0.6) is 0 Å². The van der Waals surface area contributed by atoms with Crippen LogP contribution in [0.15, 0.2) is 67.3 Å². The Balaban J connectivity index is 1.38. The number of nitrogens with one attached hydrogen (secondary N) is 3. The second kappa shape index (κ2) is 9.85. The van der Waals surface area contributed by atoms with Gasteiger partial charge in [-0.15, -0.1) is 0 Å². The van der Waals surface area contributed by atoms with E-state index in [9.17, 15) is 5.11 Å². The van der Waals surface area contributed by atoms with Crippen LogP contribution in [-0.2, 0) is 0 Å². The van der Waals surface area contributed by atoms with Crippen LogP contribution in [-0.4, -0.2) is 46.5 Å². The molecule has 10 heteroatoms. The van der Waals surface area contributed by atoms with Gasteiger partial charge in [0.2, 0.25) is 0 Å². The monoisotopic (exact) mass is 524 g/mol. The number of nitrogens with zero attached hydrogens (tertiary/aromatic N) is 5. The molecular weight excluding hydrogens is 500 g/mol. The van der Waals surface area contributed by atoms with Crippen molar-refractivity contribution in [2.45, 2.75) is 26.5 Å². The number of fused-ring (bicyclic) bond motifs is 2. The van der Waals surface area contributed by atoms with Gasteiger partial charge in [0.25, 0.3) is 0 Å². The molecule has 1 unspecified atom stereocenters. The maximum Gasteiger partial charge on any atom is 0.181 e. The zero-order valence-electron chi connectivity index (χ0n) is 20.8. The van der Waals surface area contributed by atoms with Crippen LogP contribution < -0.4 is 5.32 Å². The Morgan fingerprint density at radius 2 is 1.84 bits per heavy atom. The molecule has 6 rings (SSSR count). The number of aliphatic hydroxyl groups is 1. The number of pyridine rings is 3. The van der Waals surface area contributed by atoms with Crippen molar-refractivity contribution < 1.29 is 5.11 Å². The summed E-state index contributed by atoms with van der Waals surface area (Å²) < 4.78 is 0. The fraction of sp³-hybridized carbons (Fsp3) is 0.179. The highest BCUT2D eigenvalue weighted by molar-refractivity contribution is 6.30. The van der Waals surface area contributed by atoms with Gasteiger partial charge in [-0.3, -0.25) is 10.1 Å². The highest BCUT2D eigenvalue weighted by atomic mass is 35.5. The predicted octanol–water partition coefficient (Wildman–Crippen LogP) is 6.06. The van der Waals surface area contributed by atoms with Crippen LogP contribution in [0, 0.1) is 5.92 Å². The third-order valence-electron chi connectivity index (χ3n) is 6.27. The number of aliphatic hydroxyl groups excluding tert-OH is 1. The van der Waals surface area contributed by atoms with Crippen LogP contribution in [0.25, 0.3) is 56.0 Å². The summed E-state index contributed by atoms with van der Waals surface area (Å²) in [4.78, 5) is 21.5. The van der Waals surface area contributed by atoms with Crippen LogP contribution in [0.1, 0.15) is 20.3 Å².